The molecule has 0 bridgehead atoms. The third kappa shape index (κ3) is 2.20. The molecule has 2 aromatic heterocycles. The zero-order chi connectivity index (χ0) is 15.1. The first-order chi connectivity index (χ1) is 9.95. The van der Waals surface area contributed by atoms with E-state index in [9.17, 15) is 9.59 Å². The molecule has 3 rings (SSSR count). The number of nitrogens with one attached hydrogen (secondary N) is 1. The zero-order valence-corrected chi connectivity index (χ0v) is 11.5. The highest BCUT2D eigenvalue weighted by atomic mass is 16.4. The van der Waals surface area contributed by atoms with Crippen molar-refractivity contribution in [2.24, 2.45) is 0 Å². The number of aromatic carboxylic acids is 1. The minimum Gasteiger partial charge on any atom is -0.478 e. The van der Waals surface area contributed by atoms with E-state index in [1.54, 1.807) is 0 Å². The molecule has 0 aliphatic rings. The fourth-order valence-electron chi connectivity index (χ4n) is 2.14. The lowest BCUT2D eigenvalue weighted by Gasteiger charge is -2.05. The van der Waals surface area contributed by atoms with E-state index in [2.05, 4.69) is 10.1 Å². The number of hydrogen-bond donors (Lipinski definition) is 2. The Morgan fingerprint density at radius 2 is 2.00 bits per heavy atom. The number of carboxylic acid groups (broad SMARTS) is 1. The lowest BCUT2D eigenvalue weighted by atomic mass is 10.1. The van der Waals surface area contributed by atoms with Crippen molar-refractivity contribution < 1.29 is 9.90 Å². The highest BCUT2D eigenvalue weighted by Crippen LogP contribution is 2.18. The molecular formula is C15H13N3O3. The van der Waals surface area contributed by atoms with Gasteiger partial charge in [0.15, 0.2) is 5.82 Å². The van der Waals surface area contributed by atoms with Crippen molar-refractivity contribution in [3.63, 3.8) is 0 Å². The summed E-state index contributed by atoms with van der Waals surface area (Å²) >= 11 is 0. The second-order valence-electron chi connectivity index (χ2n) is 4.97. The van der Waals surface area contributed by atoms with Gasteiger partial charge in [0.25, 0.3) is 5.56 Å². The summed E-state index contributed by atoms with van der Waals surface area (Å²) < 4.78 is 1.30. The highest BCUT2D eigenvalue weighted by molar-refractivity contribution is 5.89. The molecule has 0 fully saturated rings. The van der Waals surface area contributed by atoms with E-state index in [1.807, 2.05) is 32.0 Å². The standard InChI is InChI=1S/C15H13N3O3/c1-8-3-4-10(5-9(8)2)13-16-14(19)12-6-11(15(20)21)7-18(12)17-13/h3-7H,1-2H3,(H,20,21)(H,16,17,19). The lowest BCUT2D eigenvalue weighted by Crippen LogP contribution is -2.13. The van der Waals surface area contributed by atoms with Crippen LogP contribution >= 0.6 is 0 Å². The number of carbonyl (C=O) groups is 1. The maximum absolute atomic E-state index is 12.1. The van der Waals surface area contributed by atoms with Crippen LogP contribution < -0.4 is 5.56 Å². The summed E-state index contributed by atoms with van der Waals surface area (Å²) in [5, 5.41) is 13.3. The molecule has 0 radical (unpaired) electrons. The monoisotopic (exact) mass is 283 g/mol. The number of H-pyrrole nitrogens is 1. The van der Waals surface area contributed by atoms with E-state index in [4.69, 9.17) is 5.11 Å². The number of rotatable bonds is 2. The van der Waals surface area contributed by atoms with Gasteiger partial charge >= 0.3 is 5.97 Å². The van der Waals surface area contributed by atoms with Crippen molar-refractivity contribution in [3.8, 4) is 11.4 Å². The van der Waals surface area contributed by atoms with Crippen LogP contribution in [-0.2, 0) is 0 Å². The Hall–Kier alpha value is -2.89. The van der Waals surface area contributed by atoms with Crippen LogP contribution in [0.5, 0.6) is 0 Å². The van der Waals surface area contributed by atoms with Gasteiger partial charge in [-0.2, -0.15) is 0 Å². The molecule has 2 heterocycles. The Kier molecular flexibility index (Phi) is 2.86. The summed E-state index contributed by atoms with van der Waals surface area (Å²) in [4.78, 5) is 25.7. The summed E-state index contributed by atoms with van der Waals surface area (Å²) in [7, 11) is 0. The van der Waals surface area contributed by atoms with E-state index >= 15 is 0 Å². The van der Waals surface area contributed by atoms with Crippen LogP contribution in [-0.4, -0.2) is 25.7 Å². The third-order valence-corrected chi connectivity index (χ3v) is 3.50. The number of aryl methyl sites for hydroxylation is 2. The Bertz CT molecular complexity index is 922. The predicted molar refractivity (Wildman–Crippen MR) is 77.7 cm³/mol. The van der Waals surface area contributed by atoms with Crippen LogP contribution in [0.3, 0.4) is 0 Å². The topological polar surface area (TPSA) is 87.5 Å². The van der Waals surface area contributed by atoms with Crippen molar-refractivity contribution in [1.82, 2.24) is 14.6 Å². The molecule has 6 nitrogen and oxygen atoms in total. The van der Waals surface area contributed by atoms with Crippen LogP contribution in [0.25, 0.3) is 16.9 Å². The largest absolute Gasteiger partial charge is 0.478 e. The molecule has 0 saturated carbocycles. The van der Waals surface area contributed by atoms with Gasteiger partial charge in [-0.3, -0.25) is 4.79 Å². The number of fused-ring (bicyclic) bond motifs is 1. The molecule has 2 N–H and O–H groups in total. The first-order valence-electron chi connectivity index (χ1n) is 6.39. The molecule has 0 aliphatic carbocycles. The SMILES string of the molecule is Cc1ccc(-c2nn3cc(C(=O)O)cc3c(=O)[nH]2)cc1C. The van der Waals surface area contributed by atoms with Crippen LogP contribution in [0.15, 0.2) is 35.3 Å². The number of carboxylic acids is 1. The van der Waals surface area contributed by atoms with E-state index in [1.165, 1.54) is 16.8 Å². The molecule has 0 unspecified atom stereocenters. The first-order valence-corrected chi connectivity index (χ1v) is 6.39. The summed E-state index contributed by atoms with van der Waals surface area (Å²) in [6, 6.07) is 7.06. The van der Waals surface area contributed by atoms with Crippen LogP contribution in [0.1, 0.15) is 21.5 Å². The molecule has 3 aromatic rings. The predicted octanol–water partition coefficient (Wildman–Crippen LogP) is 2.00. The minimum absolute atomic E-state index is 0.0326. The number of aromatic amines is 1. The lowest BCUT2D eigenvalue weighted by molar-refractivity contribution is 0.0697. The van der Waals surface area contributed by atoms with E-state index < -0.39 is 5.97 Å². The van der Waals surface area contributed by atoms with Gasteiger partial charge in [0.2, 0.25) is 0 Å². The second kappa shape index (κ2) is 4.59. The van der Waals surface area contributed by atoms with Crippen molar-refractivity contribution in [2.75, 3.05) is 0 Å². The van der Waals surface area contributed by atoms with Gasteiger partial charge in [-0.15, -0.1) is 5.10 Å². The van der Waals surface area contributed by atoms with Crippen LogP contribution in [0, 0.1) is 13.8 Å². The fraction of sp³-hybridized carbons (Fsp3) is 0.133. The molecule has 0 atom stereocenters. The number of benzene rings is 1. The van der Waals surface area contributed by atoms with E-state index in [0.717, 1.165) is 16.7 Å². The van der Waals surface area contributed by atoms with Crippen molar-refractivity contribution in [1.29, 1.82) is 0 Å². The molecule has 1 aromatic carbocycles. The maximum atomic E-state index is 12.1. The Balaban J connectivity index is 2.22. The Morgan fingerprint density at radius 3 is 2.67 bits per heavy atom. The Labute approximate surface area is 119 Å². The summed E-state index contributed by atoms with van der Waals surface area (Å²) in [5.41, 5.74) is 2.89. The van der Waals surface area contributed by atoms with Gasteiger partial charge in [0, 0.05) is 11.8 Å². The normalized spacial score (nSPS) is 11.0. The zero-order valence-electron chi connectivity index (χ0n) is 11.5. The average molecular weight is 283 g/mol. The molecular weight excluding hydrogens is 270 g/mol. The summed E-state index contributed by atoms with van der Waals surface area (Å²) in [6.07, 6.45) is 1.33. The number of hydrogen-bond acceptors (Lipinski definition) is 3. The molecule has 106 valence electrons. The molecule has 0 spiro atoms. The summed E-state index contributed by atoms with van der Waals surface area (Å²) in [5.74, 6) is -0.684. The van der Waals surface area contributed by atoms with E-state index in [0.29, 0.717) is 5.82 Å². The number of aromatic nitrogens is 3. The van der Waals surface area contributed by atoms with Crippen molar-refractivity contribution >= 4 is 11.5 Å². The Morgan fingerprint density at radius 1 is 1.24 bits per heavy atom. The summed E-state index contributed by atoms with van der Waals surface area (Å²) in [6.45, 7) is 3.98. The molecule has 0 amide bonds. The van der Waals surface area contributed by atoms with Crippen molar-refractivity contribution in [2.45, 2.75) is 13.8 Å². The molecule has 0 saturated heterocycles. The van der Waals surface area contributed by atoms with Gasteiger partial charge in [0.05, 0.1) is 5.56 Å². The van der Waals surface area contributed by atoms with Crippen LogP contribution in [0.4, 0.5) is 0 Å². The number of nitrogens with zero attached hydrogens (tertiary/aromatic N) is 2. The van der Waals surface area contributed by atoms with Gasteiger partial charge in [-0.1, -0.05) is 12.1 Å². The highest BCUT2D eigenvalue weighted by Gasteiger charge is 2.12. The maximum Gasteiger partial charge on any atom is 0.337 e. The van der Waals surface area contributed by atoms with Crippen LogP contribution in [0.2, 0.25) is 0 Å². The second-order valence-corrected chi connectivity index (χ2v) is 4.97. The molecule has 0 aliphatic heterocycles. The molecule has 6 heteroatoms. The van der Waals surface area contributed by atoms with Crippen molar-refractivity contribution in [3.05, 3.63) is 57.5 Å². The fourth-order valence-corrected chi connectivity index (χ4v) is 2.14. The molecule has 21 heavy (non-hydrogen) atoms. The van der Waals surface area contributed by atoms with Gasteiger partial charge in [0.1, 0.15) is 5.52 Å². The third-order valence-electron chi connectivity index (χ3n) is 3.50. The van der Waals surface area contributed by atoms with Gasteiger partial charge < -0.3 is 10.1 Å². The average Bonchev–Trinajstić information content (AvgIpc) is 2.86. The smallest absolute Gasteiger partial charge is 0.337 e. The van der Waals surface area contributed by atoms with E-state index in [-0.39, 0.29) is 16.6 Å². The van der Waals surface area contributed by atoms with Gasteiger partial charge in [-0.05, 0) is 37.1 Å². The van der Waals surface area contributed by atoms with Gasteiger partial charge in [-0.25, -0.2) is 9.31 Å². The quantitative estimate of drug-likeness (QED) is 0.753. The minimum atomic E-state index is -1.09. The first kappa shape index (κ1) is 13.1.